The molecule has 0 saturated carbocycles. The maximum atomic E-state index is 4.43. The fourth-order valence-electron chi connectivity index (χ4n) is 2.28. The highest BCUT2D eigenvalue weighted by Gasteiger charge is 2.14. The lowest BCUT2D eigenvalue weighted by atomic mass is 10.0. The molecule has 1 aliphatic heterocycles. The first kappa shape index (κ1) is 12.3. The summed E-state index contributed by atoms with van der Waals surface area (Å²) in [5, 5.41) is 2.99. The largest absolute Gasteiger partial charge is 0.372 e. The van der Waals surface area contributed by atoms with Gasteiger partial charge in [0.05, 0.1) is 18.1 Å². The van der Waals surface area contributed by atoms with E-state index in [1.165, 1.54) is 32.4 Å². The van der Waals surface area contributed by atoms with Crippen LogP contribution in [0.3, 0.4) is 0 Å². The van der Waals surface area contributed by atoms with Crippen LogP contribution in [-0.4, -0.2) is 35.0 Å². The predicted octanol–water partition coefficient (Wildman–Crippen LogP) is 2.14. The molecule has 1 aromatic rings. The van der Waals surface area contributed by atoms with Crippen molar-refractivity contribution in [1.29, 1.82) is 0 Å². The summed E-state index contributed by atoms with van der Waals surface area (Å²) in [5.41, 5.74) is 1.07. The van der Waals surface area contributed by atoms with E-state index in [9.17, 15) is 0 Å². The standard InChI is InChI=1S/C13H22N4/c1-11-4-3-6-17(7-5-11)10-12-8-16-13(14-2)9-15-12/h8-9,11H,3-7,10H2,1-2H3,(H,14,16). The molecule has 2 rings (SSSR count). The van der Waals surface area contributed by atoms with Crippen LogP contribution in [0.2, 0.25) is 0 Å². The van der Waals surface area contributed by atoms with Crippen LogP contribution in [0.15, 0.2) is 12.4 Å². The number of nitrogens with zero attached hydrogens (tertiary/aromatic N) is 3. The molecule has 4 heteroatoms. The van der Waals surface area contributed by atoms with E-state index in [1.807, 2.05) is 13.2 Å². The van der Waals surface area contributed by atoms with Gasteiger partial charge in [-0.1, -0.05) is 6.92 Å². The number of anilines is 1. The van der Waals surface area contributed by atoms with Gasteiger partial charge >= 0.3 is 0 Å². The van der Waals surface area contributed by atoms with Gasteiger partial charge in [0.25, 0.3) is 0 Å². The van der Waals surface area contributed by atoms with Gasteiger partial charge in [-0.3, -0.25) is 9.88 Å². The van der Waals surface area contributed by atoms with Crippen LogP contribution in [0.4, 0.5) is 5.82 Å². The van der Waals surface area contributed by atoms with Crippen LogP contribution in [0.1, 0.15) is 31.9 Å². The molecule has 0 spiro atoms. The molecule has 4 nitrogen and oxygen atoms in total. The van der Waals surface area contributed by atoms with E-state index < -0.39 is 0 Å². The number of aromatic nitrogens is 2. The van der Waals surface area contributed by atoms with Crippen LogP contribution in [0.25, 0.3) is 0 Å². The maximum Gasteiger partial charge on any atom is 0.144 e. The summed E-state index contributed by atoms with van der Waals surface area (Å²) in [6.45, 7) is 5.67. The first-order chi connectivity index (χ1) is 8.28. The molecular formula is C13H22N4. The van der Waals surface area contributed by atoms with Crippen LogP contribution in [0, 0.1) is 5.92 Å². The molecule has 1 atom stereocenters. The molecule has 0 radical (unpaired) electrons. The average molecular weight is 234 g/mol. The summed E-state index contributed by atoms with van der Waals surface area (Å²) in [6, 6.07) is 0. The Bertz CT molecular complexity index is 336. The molecule has 0 amide bonds. The minimum atomic E-state index is 0.832. The topological polar surface area (TPSA) is 41.1 Å². The number of nitrogens with one attached hydrogen (secondary N) is 1. The minimum Gasteiger partial charge on any atom is -0.372 e. The van der Waals surface area contributed by atoms with E-state index >= 15 is 0 Å². The van der Waals surface area contributed by atoms with Gasteiger partial charge in [-0.2, -0.15) is 0 Å². The van der Waals surface area contributed by atoms with Crippen molar-refractivity contribution in [2.45, 2.75) is 32.7 Å². The minimum absolute atomic E-state index is 0.832. The Morgan fingerprint density at radius 2 is 2.18 bits per heavy atom. The third-order valence-electron chi connectivity index (χ3n) is 3.46. The molecular weight excluding hydrogens is 212 g/mol. The third kappa shape index (κ3) is 3.66. The van der Waals surface area contributed by atoms with E-state index in [-0.39, 0.29) is 0 Å². The van der Waals surface area contributed by atoms with Crippen molar-refractivity contribution in [3.8, 4) is 0 Å². The second kappa shape index (κ2) is 5.96. The number of hydrogen-bond donors (Lipinski definition) is 1. The SMILES string of the molecule is CNc1cnc(CN2CCCC(C)CC2)cn1. The highest BCUT2D eigenvalue weighted by atomic mass is 15.1. The zero-order valence-corrected chi connectivity index (χ0v) is 10.8. The lowest BCUT2D eigenvalue weighted by molar-refractivity contribution is 0.270. The van der Waals surface area contributed by atoms with Crippen LogP contribution >= 0.6 is 0 Å². The monoisotopic (exact) mass is 234 g/mol. The molecule has 0 bridgehead atoms. The van der Waals surface area contributed by atoms with Gasteiger partial charge in [0, 0.05) is 13.6 Å². The second-order valence-corrected chi connectivity index (χ2v) is 4.96. The first-order valence-corrected chi connectivity index (χ1v) is 6.49. The van der Waals surface area contributed by atoms with Crippen LogP contribution < -0.4 is 5.32 Å². The molecule has 1 aromatic heterocycles. The third-order valence-corrected chi connectivity index (χ3v) is 3.46. The summed E-state index contributed by atoms with van der Waals surface area (Å²) in [7, 11) is 1.86. The smallest absolute Gasteiger partial charge is 0.144 e. The first-order valence-electron chi connectivity index (χ1n) is 6.49. The number of rotatable bonds is 3. The van der Waals surface area contributed by atoms with Gasteiger partial charge in [-0.25, -0.2) is 4.98 Å². The average Bonchev–Trinajstić information content (AvgIpc) is 2.56. The summed E-state index contributed by atoms with van der Waals surface area (Å²) >= 11 is 0. The lowest BCUT2D eigenvalue weighted by Gasteiger charge is -2.19. The Kier molecular flexibility index (Phi) is 4.31. The molecule has 2 heterocycles. The van der Waals surface area contributed by atoms with E-state index in [2.05, 4.69) is 27.1 Å². The Hall–Kier alpha value is -1.16. The molecule has 0 aromatic carbocycles. The maximum absolute atomic E-state index is 4.43. The summed E-state index contributed by atoms with van der Waals surface area (Å²) in [5.74, 6) is 1.70. The van der Waals surface area contributed by atoms with Crippen LogP contribution in [-0.2, 0) is 6.54 Å². The quantitative estimate of drug-likeness (QED) is 0.870. The molecule has 1 unspecified atom stereocenters. The molecule has 1 fully saturated rings. The molecule has 94 valence electrons. The van der Waals surface area contributed by atoms with E-state index in [0.717, 1.165) is 24.0 Å². The highest BCUT2D eigenvalue weighted by Crippen LogP contribution is 2.17. The van der Waals surface area contributed by atoms with Gasteiger partial charge in [-0.15, -0.1) is 0 Å². The van der Waals surface area contributed by atoms with Crippen molar-refractivity contribution in [2.24, 2.45) is 5.92 Å². The van der Waals surface area contributed by atoms with Crippen molar-refractivity contribution < 1.29 is 0 Å². The van der Waals surface area contributed by atoms with Crippen molar-refractivity contribution in [2.75, 3.05) is 25.5 Å². The second-order valence-electron chi connectivity index (χ2n) is 4.96. The Morgan fingerprint density at radius 3 is 2.88 bits per heavy atom. The molecule has 1 N–H and O–H groups in total. The molecule has 1 aliphatic rings. The zero-order valence-electron chi connectivity index (χ0n) is 10.8. The van der Waals surface area contributed by atoms with Crippen LogP contribution in [0.5, 0.6) is 0 Å². The number of likely N-dealkylation sites (tertiary alicyclic amines) is 1. The van der Waals surface area contributed by atoms with Gasteiger partial charge in [0.2, 0.25) is 0 Å². The Balaban J connectivity index is 1.90. The fraction of sp³-hybridized carbons (Fsp3) is 0.692. The van der Waals surface area contributed by atoms with E-state index in [4.69, 9.17) is 0 Å². The van der Waals surface area contributed by atoms with Crippen molar-refractivity contribution in [1.82, 2.24) is 14.9 Å². The lowest BCUT2D eigenvalue weighted by Crippen LogP contribution is -2.24. The summed E-state index contributed by atoms with van der Waals surface area (Å²) < 4.78 is 0. The molecule has 0 aliphatic carbocycles. The Labute approximate surface area is 103 Å². The van der Waals surface area contributed by atoms with Crippen molar-refractivity contribution in [3.05, 3.63) is 18.1 Å². The summed E-state index contributed by atoms with van der Waals surface area (Å²) in [4.78, 5) is 11.2. The van der Waals surface area contributed by atoms with Gasteiger partial charge in [0.15, 0.2) is 0 Å². The molecule has 17 heavy (non-hydrogen) atoms. The van der Waals surface area contributed by atoms with E-state index in [1.54, 1.807) is 6.20 Å². The predicted molar refractivity (Wildman–Crippen MR) is 69.9 cm³/mol. The van der Waals surface area contributed by atoms with Gasteiger partial charge in [-0.05, 0) is 38.3 Å². The Morgan fingerprint density at radius 1 is 1.29 bits per heavy atom. The van der Waals surface area contributed by atoms with Crippen molar-refractivity contribution >= 4 is 5.82 Å². The van der Waals surface area contributed by atoms with Gasteiger partial charge in [0.1, 0.15) is 5.82 Å². The zero-order chi connectivity index (χ0) is 12.1. The normalized spacial score (nSPS) is 22.1. The van der Waals surface area contributed by atoms with E-state index in [0.29, 0.717) is 0 Å². The fourth-order valence-corrected chi connectivity index (χ4v) is 2.28. The van der Waals surface area contributed by atoms with Crippen molar-refractivity contribution in [3.63, 3.8) is 0 Å². The van der Waals surface area contributed by atoms with Gasteiger partial charge < -0.3 is 5.32 Å². The number of hydrogen-bond acceptors (Lipinski definition) is 4. The highest BCUT2D eigenvalue weighted by molar-refractivity contribution is 5.29. The molecule has 1 saturated heterocycles. The summed E-state index contributed by atoms with van der Waals surface area (Å²) in [6.07, 6.45) is 7.65.